The van der Waals surface area contributed by atoms with Gasteiger partial charge < -0.3 is 5.32 Å². The molecule has 1 rings (SSSR count). The third-order valence-electron chi connectivity index (χ3n) is 3.00. The first-order valence-electron chi connectivity index (χ1n) is 6.76. The number of hydrogen-bond acceptors (Lipinski definition) is 2. The average molecular weight is 313 g/mol. The van der Waals surface area contributed by atoms with E-state index in [9.17, 15) is 0 Å². The van der Waals surface area contributed by atoms with Crippen LogP contribution < -0.4 is 5.32 Å². The summed E-state index contributed by atoms with van der Waals surface area (Å²) in [5.74, 6) is 0. The van der Waals surface area contributed by atoms with Gasteiger partial charge >= 0.3 is 0 Å². The number of rotatable bonds is 6. The van der Waals surface area contributed by atoms with Crippen molar-refractivity contribution in [3.63, 3.8) is 0 Å². The minimum atomic E-state index is 0.419. The van der Waals surface area contributed by atoms with Crippen molar-refractivity contribution in [1.29, 1.82) is 0 Å². The van der Waals surface area contributed by atoms with Crippen LogP contribution in [0, 0.1) is 5.41 Å². The normalized spacial score (nSPS) is 13.6. The second-order valence-corrected chi connectivity index (χ2v) is 6.92. The van der Waals surface area contributed by atoms with E-state index >= 15 is 0 Å². The molecule has 0 spiro atoms. The van der Waals surface area contributed by atoms with Crippen LogP contribution in [0.4, 0.5) is 0 Å². The van der Waals surface area contributed by atoms with Crippen LogP contribution in [0.1, 0.15) is 58.6 Å². The topological polar surface area (TPSA) is 24.9 Å². The Morgan fingerprint density at radius 2 is 2.06 bits per heavy atom. The molecule has 0 fully saturated rings. The maximum absolute atomic E-state index is 4.26. The average Bonchev–Trinajstić information content (AvgIpc) is 2.26. The van der Waals surface area contributed by atoms with Crippen molar-refractivity contribution in [2.45, 2.75) is 53.0 Å². The molecule has 0 amide bonds. The van der Waals surface area contributed by atoms with Gasteiger partial charge in [0.2, 0.25) is 0 Å². The lowest BCUT2D eigenvalue weighted by molar-refractivity contribution is 0.344. The van der Waals surface area contributed by atoms with Gasteiger partial charge in [-0.25, -0.2) is 0 Å². The molecule has 1 aromatic rings. The molecule has 1 unspecified atom stereocenters. The quantitative estimate of drug-likeness (QED) is 0.822. The molecule has 1 atom stereocenters. The van der Waals surface area contributed by atoms with E-state index in [1.54, 1.807) is 0 Å². The lowest BCUT2D eigenvalue weighted by Gasteiger charge is -2.22. The van der Waals surface area contributed by atoms with Gasteiger partial charge in [-0.3, -0.25) is 4.98 Å². The number of aromatic nitrogens is 1. The van der Waals surface area contributed by atoms with Crippen LogP contribution >= 0.6 is 15.9 Å². The smallest absolute Gasteiger partial charge is 0.0410 e. The molecular formula is C15H25BrN2. The first-order valence-corrected chi connectivity index (χ1v) is 7.55. The molecule has 0 aliphatic heterocycles. The van der Waals surface area contributed by atoms with Crippen LogP contribution in [0.3, 0.4) is 0 Å². The monoisotopic (exact) mass is 312 g/mol. The summed E-state index contributed by atoms with van der Waals surface area (Å²) in [6.45, 7) is 10.1. The van der Waals surface area contributed by atoms with Crippen molar-refractivity contribution in [1.82, 2.24) is 10.3 Å². The van der Waals surface area contributed by atoms with Gasteiger partial charge in [0.05, 0.1) is 0 Å². The zero-order valence-corrected chi connectivity index (χ0v) is 13.5. The molecule has 0 bridgehead atoms. The van der Waals surface area contributed by atoms with Crippen molar-refractivity contribution in [2.75, 3.05) is 6.54 Å². The lowest BCUT2D eigenvalue weighted by atomic mass is 9.88. The summed E-state index contributed by atoms with van der Waals surface area (Å²) in [5.41, 5.74) is 1.70. The molecule has 0 aliphatic rings. The van der Waals surface area contributed by atoms with Crippen molar-refractivity contribution < 1.29 is 0 Å². The predicted molar refractivity (Wildman–Crippen MR) is 81.7 cm³/mol. The van der Waals surface area contributed by atoms with E-state index in [4.69, 9.17) is 0 Å². The van der Waals surface area contributed by atoms with E-state index in [2.05, 4.69) is 60.0 Å². The van der Waals surface area contributed by atoms with E-state index in [0.29, 0.717) is 11.5 Å². The van der Waals surface area contributed by atoms with E-state index in [1.807, 2.05) is 12.4 Å². The number of nitrogens with one attached hydrogen (secondary N) is 1. The SMILES string of the molecule is CCNC(CCCC(C)(C)C)c1cncc(Br)c1. The number of hydrogen-bond donors (Lipinski definition) is 1. The molecule has 0 radical (unpaired) electrons. The lowest BCUT2D eigenvalue weighted by Crippen LogP contribution is -2.21. The second-order valence-electron chi connectivity index (χ2n) is 6.00. The molecule has 1 N–H and O–H groups in total. The Bertz CT molecular complexity index is 358. The second kappa shape index (κ2) is 7.25. The largest absolute Gasteiger partial charge is 0.310 e. The Labute approximate surface area is 120 Å². The van der Waals surface area contributed by atoms with Crippen LogP contribution in [0.15, 0.2) is 22.9 Å². The van der Waals surface area contributed by atoms with Crippen molar-refractivity contribution in [3.05, 3.63) is 28.5 Å². The van der Waals surface area contributed by atoms with Crippen LogP contribution in [-0.2, 0) is 0 Å². The molecule has 3 heteroatoms. The van der Waals surface area contributed by atoms with Crippen molar-refractivity contribution in [3.8, 4) is 0 Å². The van der Waals surface area contributed by atoms with Crippen molar-refractivity contribution in [2.24, 2.45) is 5.41 Å². The number of pyridine rings is 1. The molecule has 0 aromatic carbocycles. The van der Waals surface area contributed by atoms with Gasteiger partial charge in [0.15, 0.2) is 0 Å². The van der Waals surface area contributed by atoms with Gasteiger partial charge in [0.25, 0.3) is 0 Å². The van der Waals surface area contributed by atoms with Crippen LogP contribution in [-0.4, -0.2) is 11.5 Å². The maximum atomic E-state index is 4.26. The summed E-state index contributed by atoms with van der Waals surface area (Å²) in [7, 11) is 0. The summed E-state index contributed by atoms with van der Waals surface area (Å²) < 4.78 is 1.05. The highest BCUT2D eigenvalue weighted by atomic mass is 79.9. The van der Waals surface area contributed by atoms with Crippen LogP contribution in [0.2, 0.25) is 0 Å². The highest BCUT2D eigenvalue weighted by Gasteiger charge is 2.14. The molecule has 0 saturated carbocycles. The molecule has 102 valence electrons. The summed E-state index contributed by atoms with van der Waals surface area (Å²) in [6.07, 6.45) is 7.48. The molecule has 1 heterocycles. The fourth-order valence-corrected chi connectivity index (χ4v) is 2.47. The number of halogens is 1. The molecular weight excluding hydrogens is 288 g/mol. The van der Waals surface area contributed by atoms with E-state index in [-0.39, 0.29) is 0 Å². The van der Waals surface area contributed by atoms with E-state index < -0.39 is 0 Å². The third kappa shape index (κ3) is 5.96. The van der Waals surface area contributed by atoms with Gasteiger partial charge in [-0.05, 0) is 52.4 Å². The number of nitrogens with zero attached hydrogens (tertiary/aromatic N) is 1. The highest BCUT2D eigenvalue weighted by Crippen LogP contribution is 2.26. The first kappa shape index (κ1) is 15.6. The molecule has 0 aliphatic carbocycles. The van der Waals surface area contributed by atoms with E-state index in [1.165, 1.54) is 24.8 Å². The van der Waals surface area contributed by atoms with Crippen molar-refractivity contribution >= 4 is 15.9 Å². The Kier molecular flexibility index (Phi) is 6.30. The molecule has 0 saturated heterocycles. The minimum absolute atomic E-state index is 0.419. The third-order valence-corrected chi connectivity index (χ3v) is 3.43. The van der Waals surface area contributed by atoms with Gasteiger partial charge in [-0.2, -0.15) is 0 Å². The van der Waals surface area contributed by atoms with Crippen LogP contribution in [0.5, 0.6) is 0 Å². The molecule has 2 nitrogen and oxygen atoms in total. The standard InChI is InChI=1S/C15H25BrN2/c1-5-18-14(7-6-8-15(2,3)4)12-9-13(16)11-17-10-12/h9-11,14,18H,5-8H2,1-4H3. The van der Waals surface area contributed by atoms with Gasteiger partial charge in [-0.15, -0.1) is 0 Å². The highest BCUT2D eigenvalue weighted by molar-refractivity contribution is 9.10. The molecule has 18 heavy (non-hydrogen) atoms. The van der Waals surface area contributed by atoms with Gasteiger partial charge in [0.1, 0.15) is 0 Å². The van der Waals surface area contributed by atoms with Gasteiger partial charge in [-0.1, -0.05) is 34.1 Å². The van der Waals surface area contributed by atoms with E-state index in [0.717, 1.165) is 11.0 Å². The summed E-state index contributed by atoms with van der Waals surface area (Å²) in [5, 5.41) is 3.55. The first-order chi connectivity index (χ1) is 8.42. The Hall–Kier alpha value is -0.410. The summed E-state index contributed by atoms with van der Waals surface area (Å²) in [6, 6.07) is 2.58. The van der Waals surface area contributed by atoms with Gasteiger partial charge in [0, 0.05) is 22.9 Å². The molecule has 1 aromatic heterocycles. The minimum Gasteiger partial charge on any atom is -0.310 e. The zero-order chi connectivity index (χ0) is 13.6. The maximum Gasteiger partial charge on any atom is 0.0410 e. The fourth-order valence-electron chi connectivity index (χ4n) is 2.09. The van der Waals surface area contributed by atoms with Crippen LogP contribution in [0.25, 0.3) is 0 Å². The zero-order valence-electron chi connectivity index (χ0n) is 12.0. The summed E-state index contributed by atoms with van der Waals surface area (Å²) >= 11 is 3.49. The predicted octanol–water partition coefficient (Wildman–Crippen LogP) is 4.71. The fraction of sp³-hybridized carbons (Fsp3) is 0.667. The Balaban J connectivity index is 2.60. The Morgan fingerprint density at radius 1 is 1.33 bits per heavy atom. The Morgan fingerprint density at radius 3 is 2.61 bits per heavy atom. The summed E-state index contributed by atoms with van der Waals surface area (Å²) in [4.78, 5) is 4.26.